The molecule has 0 radical (unpaired) electrons. The van der Waals surface area contributed by atoms with Crippen LogP contribution in [0.1, 0.15) is 0 Å². The van der Waals surface area contributed by atoms with Gasteiger partial charge in [-0.2, -0.15) is 10.4 Å². The molecule has 0 aliphatic heterocycles. The Morgan fingerprint density at radius 1 is 1.50 bits per heavy atom. The molecule has 0 fully saturated rings. The van der Waals surface area contributed by atoms with Crippen molar-refractivity contribution in [1.82, 2.24) is 0 Å². The maximum absolute atomic E-state index is 8.69. The second-order valence-electron chi connectivity index (χ2n) is 2.64. The van der Waals surface area contributed by atoms with E-state index in [2.05, 4.69) is 20.5 Å². The average molecular weight is 237 g/mol. The summed E-state index contributed by atoms with van der Waals surface area (Å²) < 4.78 is 0. The lowest BCUT2D eigenvalue weighted by molar-refractivity contribution is 0.216. The SMILES string of the molecule is CON=CC(C#N)=NNc1ccc(Cl)cc1. The first-order valence-corrected chi connectivity index (χ1v) is 4.70. The fraction of sp³-hybridized carbons (Fsp3) is 0.100. The molecule has 0 unspecified atom stereocenters. The summed E-state index contributed by atoms with van der Waals surface area (Å²) >= 11 is 5.72. The Labute approximate surface area is 98.0 Å². The largest absolute Gasteiger partial charge is 0.399 e. The lowest BCUT2D eigenvalue weighted by Gasteiger charge is -1.99. The Hall–Kier alpha value is -2.06. The van der Waals surface area contributed by atoms with Gasteiger partial charge in [0.2, 0.25) is 0 Å². The number of anilines is 1. The van der Waals surface area contributed by atoms with E-state index >= 15 is 0 Å². The second-order valence-corrected chi connectivity index (χ2v) is 3.08. The minimum Gasteiger partial charge on any atom is -0.399 e. The third-order valence-electron chi connectivity index (χ3n) is 1.54. The van der Waals surface area contributed by atoms with Gasteiger partial charge >= 0.3 is 0 Å². The van der Waals surface area contributed by atoms with E-state index in [1.54, 1.807) is 24.3 Å². The Balaban J connectivity index is 2.67. The molecule has 1 aromatic carbocycles. The van der Waals surface area contributed by atoms with Crippen LogP contribution in [-0.2, 0) is 4.84 Å². The molecule has 0 aliphatic carbocycles. The van der Waals surface area contributed by atoms with Crippen molar-refractivity contribution >= 4 is 29.2 Å². The van der Waals surface area contributed by atoms with E-state index in [1.807, 2.05) is 6.07 Å². The Bertz CT molecular complexity index is 433. The average Bonchev–Trinajstić information content (AvgIpc) is 2.32. The molecule has 0 saturated heterocycles. The van der Waals surface area contributed by atoms with Crippen molar-refractivity contribution in [1.29, 1.82) is 5.26 Å². The van der Waals surface area contributed by atoms with Crippen molar-refractivity contribution in [2.45, 2.75) is 0 Å². The van der Waals surface area contributed by atoms with E-state index in [0.29, 0.717) is 5.02 Å². The maximum atomic E-state index is 8.69. The first kappa shape index (κ1) is 12.0. The van der Waals surface area contributed by atoms with Gasteiger partial charge in [0.15, 0.2) is 5.71 Å². The van der Waals surface area contributed by atoms with Gasteiger partial charge < -0.3 is 4.84 Å². The predicted octanol–water partition coefficient (Wildman–Crippen LogP) is 2.26. The third kappa shape index (κ3) is 3.98. The summed E-state index contributed by atoms with van der Waals surface area (Å²) in [7, 11) is 1.39. The first-order chi connectivity index (χ1) is 7.76. The summed E-state index contributed by atoms with van der Waals surface area (Å²) in [6.45, 7) is 0. The van der Waals surface area contributed by atoms with Crippen LogP contribution < -0.4 is 5.43 Å². The molecule has 1 aromatic rings. The van der Waals surface area contributed by atoms with Crippen molar-refractivity contribution in [3.63, 3.8) is 0 Å². The van der Waals surface area contributed by atoms with Crippen LogP contribution in [-0.4, -0.2) is 19.0 Å². The predicted molar refractivity (Wildman–Crippen MR) is 63.6 cm³/mol. The molecule has 0 saturated carbocycles. The molecule has 16 heavy (non-hydrogen) atoms. The van der Waals surface area contributed by atoms with Gasteiger partial charge in [-0.15, -0.1) is 0 Å². The Kier molecular flexibility index (Phi) is 4.83. The van der Waals surface area contributed by atoms with Gasteiger partial charge in [0.1, 0.15) is 19.4 Å². The van der Waals surface area contributed by atoms with Crippen LogP contribution in [0, 0.1) is 11.3 Å². The van der Waals surface area contributed by atoms with Crippen LogP contribution in [0.3, 0.4) is 0 Å². The highest BCUT2D eigenvalue weighted by Crippen LogP contribution is 2.12. The van der Waals surface area contributed by atoms with E-state index in [4.69, 9.17) is 16.9 Å². The molecular formula is C10H9ClN4O. The smallest absolute Gasteiger partial charge is 0.182 e. The monoisotopic (exact) mass is 236 g/mol. The molecule has 0 amide bonds. The second kappa shape index (κ2) is 6.43. The summed E-state index contributed by atoms with van der Waals surface area (Å²) in [5.41, 5.74) is 3.52. The zero-order valence-corrected chi connectivity index (χ0v) is 9.27. The molecular weight excluding hydrogens is 228 g/mol. The fourth-order valence-corrected chi connectivity index (χ4v) is 0.961. The van der Waals surface area contributed by atoms with Crippen LogP contribution in [0.25, 0.3) is 0 Å². The number of nitrogens with zero attached hydrogens (tertiary/aromatic N) is 3. The van der Waals surface area contributed by atoms with E-state index in [-0.39, 0.29) is 5.71 Å². The summed E-state index contributed by atoms with van der Waals surface area (Å²) in [4.78, 5) is 4.43. The summed E-state index contributed by atoms with van der Waals surface area (Å²) in [5, 5.41) is 16.6. The molecule has 0 aromatic heterocycles. The molecule has 0 heterocycles. The standard InChI is InChI=1S/C10H9ClN4O/c1-16-13-7-10(6-12)15-14-9-4-2-8(11)3-5-9/h2-5,7,14H,1H3. The zero-order chi connectivity index (χ0) is 11.8. The fourth-order valence-electron chi connectivity index (χ4n) is 0.835. The quantitative estimate of drug-likeness (QED) is 0.644. The van der Waals surface area contributed by atoms with Crippen molar-refractivity contribution in [3.8, 4) is 6.07 Å². The van der Waals surface area contributed by atoms with E-state index in [1.165, 1.54) is 13.3 Å². The highest BCUT2D eigenvalue weighted by atomic mass is 35.5. The molecule has 0 bridgehead atoms. The summed E-state index contributed by atoms with van der Waals surface area (Å²) in [5.74, 6) is 0. The van der Waals surface area contributed by atoms with Crippen molar-refractivity contribution in [3.05, 3.63) is 29.3 Å². The molecule has 82 valence electrons. The van der Waals surface area contributed by atoms with Crippen molar-refractivity contribution in [2.24, 2.45) is 10.3 Å². The molecule has 6 heteroatoms. The normalized spacial score (nSPS) is 11.2. The highest BCUT2D eigenvalue weighted by molar-refractivity contribution is 6.37. The number of hydrazone groups is 1. The topological polar surface area (TPSA) is 69.8 Å². The number of oxime groups is 1. The Morgan fingerprint density at radius 3 is 2.75 bits per heavy atom. The molecule has 1 N–H and O–H groups in total. The molecule has 1 rings (SSSR count). The minimum atomic E-state index is 0.108. The van der Waals surface area contributed by atoms with E-state index < -0.39 is 0 Å². The van der Waals surface area contributed by atoms with Crippen LogP contribution >= 0.6 is 11.6 Å². The van der Waals surface area contributed by atoms with Gasteiger partial charge in [-0.25, -0.2) is 0 Å². The molecule has 0 spiro atoms. The summed E-state index contributed by atoms with van der Waals surface area (Å²) in [6, 6.07) is 8.77. The van der Waals surface area contributed by atoms with Gasteiger partial charge in [-0.1, -0.05) is 16.8 Å². The number of nitriles is 1. The minimum absolute atomic E-state index is 0.108. The van der Waals surface area contributed by atoms with Gasteiger partial charge in [-0.05, 0) is 24.3 Å². The van der Waals surface area contributed by atoms with Crippen molar-refractivity contribution in [2.75, 3.05) is 12.5 Å². The van der Waals surface area contributed by atoms with Crippen LogP contribution in [0.15, 0.2) is 34.5 Å². The molecule has 0 atom stereocenters. The van der Waals surface area contributed by atoms with Crippen molar-refractivity contribution < 1.29 is 4.84 Å². The van der Waals surface area contributed by atoms with Crippen LogP contribution in [0.4, 0.5) is 5.69 Å². The van der Waals surface area contributed by atoms with E-state index in [9.17, 15) is 0 Å². The first-order valence-electron chi connectivity index (χ1n) is 4.32. The number of rotatable bonds is 4. The van der Waals surface area contributed by atoms with Gasteiger partial charge in [0, 0.05) is 5.02 Å². The van der Waals surface area contributed by atoms with Crippen LogP contribution in [0.2, 0.25) is 5.02 Å². The highest BCUT2D eigenvalue weighted by Gasteiger charge is 1.93. The molecule has 5 nitrogen and oxygen atoms in total. The number of nitrogens with one attached hydrogen (secondary N) is 1. The van der Waals surface area contributed by atoms with Gasteiger partial charge in [-0.3, -0.25) is 5.43 Å². The van der Waals surface area contributed by atoms with Crippen LogP contribution in [0.5, 0.6) is 0 Å². The number of halogens is 1. The number of hydrogen-bond acceptors (Lipinski definition) is 5. The lowest BCUT2D eigenvalue weighted by Crippen LogP contribution is -2.01. The zero-order valence-electron chi connectivity index (χ0n) is 8.51. The van der Waals surface area contributed by atoms with Gasteiger partial charge in [0.05, 0.1) is 5.69 Å². The lowest BCUT2D eigenvalue weighted by atomic mass is 10.3. The Morgan fingerprint density at radius 2 is 2.19 bits per heavy atom. The van der Waals surface area contributed by atoms with Gasteiger partial charge in [0.25, 0.3) is 0 Å². The number of hydrogen-bond donors (Lipinski definition) is 1. The maximum Gasteiger partial charge on any atom is 0.182 e. The van der Waals surface area contributed by atoms with E-state index in [0.717, 1.165) is 5.69 Å². The number of benzene rings is 1. The third-order valence-corrected chi connectivity index (χ3v) is 1.80. The molecule has 0 aliphatic rings. The summed E-state index contributed by atoms with van der Waals surface area (Å²) in [6.07, 6.45) is 1.21.